The summed E-state index contributed by atoms with van der Waals surface area (Å²) in [6.07, 6.45) is 8.39. The maximum atomic E-state index is 11.5. The zero-order valence-corrected chi connectivity index (χ0v) is 14.9. The Balaban J connectivity index is 1.70. The van der Waals surface area contributed by atoms with Gasteiger partial charge < -0.3 is 9.15 Å². The predicted molar refractivity (Wildman–Crippen MR) is 97.0 cm³/mol. The van der Waals surface area contributed by atoms with Gasteiger partial charge in [-0.2, -0.15) is 5.10 Å². The first-order valence-corrected chi connectivity index (χ1v) is 8.68. The van der Waals surface area contributed by atoms with Crippen molar-refractivity contribution >= 4 is 17.7 Å². The van der Waals surface area contributed by atoms with Crippen LogP contribution in [0.15, 0.2) is 69.8 Å². The molecule has 0 radical (unpaired) electrons. The van der Waals surface area contributed by atoms with Gasteiger partial charge in [-0.3, -0.25) is 10.1 Å². The number of furan rings is 1. The second kappa shape index (κ2) is 7.42. The lowest BCUT2D eigenvalue weighted by atomic mass is 10.1. The highest BCUT2D eigenvalue weighted by Crippen LogP contribution is 2.32. The molecule has 4 aromatic heterocycles. The molecular weight excluding hydrogens is 366 g/mol. The Kier molecular flexibility index (Phi) is 4.67. The third kappa shape index (κ3) is 3.58. The third-order valence-corrected chi connectivity index (χ3v) is 4.48. The summed E-state index contributed by atoms with van der Waals surface area (Å²) < 4.78 is 9.85. The van der Waals surface area contributed by atoms with Gasteiger partial charge in [0.25, 0.3) is 0 Å². The molecule has 0 amide bonds. The molecule has 8 nitrogen and oxygen atoms in total. The van der Waals surface area contributed by atoms with Crippen molar-refractivity contribution < 1.29 is 13.9 Å². The van der Waals surface area contributed by atoms with Gasteiger partial charge in [0.15, 0.2) is 5.16 Å². The highest BCUT2D eigenvalue weighted by Gasteiger charge is 2.16. The second-order valence-electron chi connectivity index (χ2n) is 5.36. The van der Waals surface area contributed by atoms with E-state index < -0.39 is 5.97 Å². The molecule has 0 bridgehead atoms. The van der Waals surface area contributed by atoms with Crippen LogP contribution in [0.5, 0.6) is 0 Å². The Hall–Kier alpha value is -3.46. The molecule has 0 saturated carbocycles. The maximum absolute atomic E-state index is 11.5. The number of H-pyrrole nitrogens is 1. The molecule has 27 heavy (non-hydrogen) atoms. The van der Waals surface area contributed by atoms with E-state index in [2.05, 4.69) is 29.9 Å². The molecule has 0 aliphatic carbocycles. The van der Waals surface area contributed by atoms with Crippen LogP contribution in [0, 0.1) is 0 Å². The Labute approximate surface area is 158 Å². The minimum Gasteiger partial charge on any atom is -0.463 e. The van der Waals surface area contributed by atoms with Crippen molar-refractivity contribution in [3.8, 4) is 22.5 Å². The number of hydrogen-bond donors (Lipinski definition) is 1. The van der Waals surface area contributed by atoms with Crippen molar-refractivity contribution in [2.24, 2.45) is 0 Å². The van der Waals surface area contributed by atoms with E-state index in [9.17, 15) is 4.79 Å². The normalized spacial score (nSPS) is 10.7. The molecule has 9 heteroatoms. The zero-order chi connectivity index (χ0) is 18.6. The number of nitrogens with one attached hydrogen (secondary N) is 1. The highest BCUT2D eigenvalue weighted by molar-refractivity contribution is 7.99. The van der Waals surface area contributed by atoms with E-state index in [1.807, 2.05) is 18.2 Å². The van der Waals surface area contributed by atoms with Crippen molar-refractivity contribution in [3.63, 3.8) is 0 Å². The number of methoxy groups -OCH3 is 1. The molecule has 4 rings (SSSR count). The summed E-state index contributed by atoms with van der Waals surface area (Å²) in [6, 6.07) is 7.21. The van der Waals surface area contributed by atoms with Crippen molar-refractivity contribution in [1.82, 2.24) is 25.1 Å². The number of aromatic nitrogens is 5. The van der Waals surface area contributed by atoms with Gasteiger partial charge in [-0.15, -0.1) is 0 Å². The van der Waals surface area contributed by atoms with Crippen molar-refractivity contribution in [2.45, 2.75) is 10.1 Å². The van der Waals surface area contributed by atoms with Gasteiger partial charge in [0.1, 0.15) is 17.7 Å². The van der Waals surface area contributed by atoms with Crippen LogP contribution in [0.1, 0.15) is 10.6 Å². The molecule has 0 aromatic carbocycles. The fraction of sp³-hybridized carbons (Fsp3) is 0.0556. The van der Waals surface area contributed by atoms with E-state index >= 15 is 0 Å². The number of esters is 1. The summed E-state index contributed by atoms with van der Waals surface area (Å²) >= 11 is 1.27. The number of rotatable bonds is 5. The molecular formula is C18H13N5O3S. The maximum Gasteiger partial charge on any atom is 0.373 e. The number of carbonyl (C=O) groups excluding carboxylic acids is 1. The van der Waals surface area contributed by atoms with E-state index in [4.69, 9.17) is 4.42 Å². The Morgan fingerprint density at radius 2 is 2.22 bits per heavy atom. The molecule has 134 valence electrons. The first kappa shape index (κ1) is 17.0. The first-order valence-electron chi connectivity index (χ1n) is 7.87. The molecule has 1 N–H and O–H groups in total. The van der Waals surface area contributed by atoms with Crippen LogP contribution in [-0.4, -0.2) is 38.2 Å². The van der Waals surface area contributed by atoms with Gasteiger partial charge in [0.2, 0.25) is 5.76 Å². The van der Waals surface area contributed by atoms with Crippen LogP contribution < -0.4 is 0 Å². The topological polar surface area (TPSA) is 107 Å². The summed E-state index contributed by atoms with van der Waals surface area (Å²) in [4.78, 5) is 25.4. The summed E-state index contributed by atoms with van der Waals surface area (Å²) in [7, 11) is 1.30. The molecule has 0 atom stereocenters. The van der Waals surface area contributed by atoms with Gasteiger partial charge in [-0.25, -0.2) is 14.8 Å². The van der Waals surface area contributed by atoms with Gasteiger partial charge in [0, 0.05) is 42.0 Å². The molecule has 0 fully saturated rings. The monoisotopic (exact) mass is 379 g/mol. The highest BCUT2D eigenvalue weighted by atomic mass is 32.2. The molecule has 0 aliphatic rings. The van der Waals surface area contributed by atoms with Crippen molar-refractivity contribution in [2.75, 3.05) is 7.11 Å². The van der Waals surface area contributed by atoms with Gasteiger partial charge in [-0.05, 0) is 23.9 Å². The van der Waals surface area contributed by atoms with E-state index in [1.54, 1.807) is 30.9 Å². The third-order valence-electron chi connectivity index (χ3n) is 3.65. The van der Waals surface area contributed by atoms with Gasteiger partial charge in [0.05, 0.1) is 12.0 Å². The number of pyridine rings is 1. The van der Waals surface area contributed by atoms with Crippen LogP contribution in [-0.2, 0) is 4.74 Å². The summed E-state index contributed by atoms with van der Waals surface area (Å²) in [6.45, 7) is 0. The SMILES string of the molecule is COC(=O)c1cc(Sc2ncc(-c3cccnc3)c(-c3cc[nH]n3)n2)co1. The number of nitrogens with zero attached hydrogens (tertiary/aromatic N) is 4. The lowest BCUT2D eigenvalue weighted by Crippen LogP contribution is -1.98. The second-order valence-corrected chi connectivity index (χ2v) is 6.40. The predicted octanol–water partition coefficient (Wildman–Crippen LogP) is 3.46. The van der Waals surface area contributed by atoms with Crippen molar-refractivity contribution in [1.29, 1.82) is 0 Å². The van der Waals surface area contributed by atoms with Crippen LogP contribution in [0.4, 0.5) is 0 Å². The number of ether oxygens (including phenoxy) is 1. The lowest BCUT2D eigenvalue weighted by Gasteiger charge is -2.08. The fourth-order valence-electron chi connectivity index (χ4n) is 2.42. The van der Waals surface area contributed by atoms with Crippen LogP contribution in [0.3, 0.4) is 0 Å². The van der Waals surface area contributed by atoms with Gasteiger partial charge >= 0.3 is 5.97 Å². The Bertz CT molecular complexity index is 1060. The minimum absolute atomic E-state index is 0.125. The number of carbonyl (C=O) groups is 1. The average molecular weight is 379 g/mol. The Morgan fingerprint density at radius 3 is 2.96 bits per heavy atom. The van der Waals surface area contributed by atoms with E-state index in [0.29, 0.717) is 21.4 Å². The van der Waals surface area contributed by atoms with Gasteiger partial charge in [-0.1, -0.05) is 6.07 Å². The quantitative estimate of drug-likeness (QED) is 0.415. The van der Waals surface area contributed by atoms with Crippen LogP contribution in [0.2, 0.25) is 0 Å². The zero-order valence-electron chi connectivity index (χ0n) is 14.1. The minimum atomic E-state index is -0.535. The summed E-state index contributed by atoms with van der Waals surface area (Å²) in [5.41, 5.74) is 3.09. The lowest BCUT2D eigenvalue weighted by molar-refractivity contribution is 0.0565. The molecule has 4 heterocycles. The largest absolute Gasteiger partial charge is 0.463 e. The average Bonchev–Trinajstić information content (AvgIpc) is 3.40. The molecule has 0 aliphatic heterocycles. The number of hydrogen-bond acceptors (Lipinski definition) is 8. The summed E-state index contributed by atoms with van der Waals surface area (Å²) in [5, 5.41) is 7.53. The molecule has 0 spiro atoms. The molecule has 4 aromatic rings. The standard InChI is InChI=1S/C18H13N5O3S/c1-25-17(24)15-7-12(10-26-15)27-18-20-9-13(11-3-2-5-19-8-11)16(22-18)14-4-6-21-23-14/h2-10H,1H3,(H,21,23). The first-order chi connectivity index (χ1) is 13.2. The smallest absolute Gasteiger partial charge is 0.373 e. The number of aromatic amines is 1. The Morgan fingerprint density at radius 1 is 1.30 bits per heavy atom. The molecule has 0 saturated heterocycles. The molecule has 0 unspecified atom stereocenters. The van der Waals surface area contributed by atoms with Crippen LogP contribution in [0.25, 0.3) is 22.5 Å². The fourth-order valence-corrected chi connectivity index (χ4v) is 3.14. The van der Waals surface area contributed by atoms with E-state index in [-0.39, 0.29) is 5.76 Å². The van der Waals surface area contributed by atoms with Crippen LogP contribution >= 0.6 is 11.8 Å². The van der Waals surface area contributed by atoms with Crippen molar-refractivity contribution in [3.05, 3.63) is 61.1 Å². The van der Waals surface area contributed by atoms with E-state index in [1.165, 1.54) is 25.1 Å². The van der Waals surface area contributed by atoms with E-state index in [0.717, 1.165) is 11.1 Å². The summed E-state index contributed by atoms with van der Waals surface area (Å²) in [5.74, 6) is -0.411.